The molecule has 146 valence electrons. The minimum absolute atomic E-state index is 0.0414. The molecular weight excluding hydrogens is 376 g/mol. The first-order valence-electron chi connectivity index (χ1n) is 8.81. The van der Waals surface area contributed by atoms with Crippen LogP contribution in [0.15, 0.2) is 54.7 Å². The lowest BCUT2D eigenvalue weighted by Crippen LogP contribution is -2.14. The number of nitro benzene ring substituents is 1. The van der Waals surface area contributed by atoms with Crippen LogP contribution < -0.4 is 4.74 Å². The van der Waals surface area contributed by atoms with E-state index in [4.69, 9.17) is 14.2 Å². The van der Waals surface area contributed by atoms with Crippen LogP contribution in [0.25, 0.3) is 17.0 Å². The second-order valence-corrected chi connectivity index (χ2v) is 6.32. The average molecular weight is 392 g/mol. The number of pyridine rings is 1. The maximum Gasteiger partial charge on any atom is 0.331 e. The van der Waals surface area contributed by atoms with Crippen molar-refractivity contribution in [1.29, 1.82) is 0 Å². The summed E-state index contributed by atoms with van der Waals surface area (Å²) in [5.41, 5.74) is 2.43. The zero-order chi connectivity index (χ0) is 20.2. The summed E-state index contributed by atoms with van der Waals surface area (Å²) in [6.07, 6.45) is 4.62. The highest BCUT2D eigenvalue weighted by atomic mass is 16.7. The number of aromatic nitrogens is 1. The van der Waals surface area contributed by atoms with Gasteiger partial charge in [0.15, 0.2) is 6.79 Å². The summed E-state index contributed by atoms with van der Waals surface area (Å²) >= 11 is 0. The Hall–Kier alpha value is -3.78. The Morgan fingerprint density at radius 3 is 3.00 bits per heavy atom. The summed E-state index contributed by atoms with van der Waals surface area (Å²) in [5, 5.41) is 12.1. The second-order valence-electron chi connectivity index (χ2n) is 6.32. The Morgan fingerprint density at radius 2 is 2.14 bits per heavy atom. The van der Waals surface area contributed by atoms with Gasteiger partial charge in [-0.3, -0.25) is 15.1 Å². The molecule has 8 heteroatoms. The highest BCUT2D eigenvalue weighted by molar-refractivity contribution is 5.92. The topological polar surface area (TPSA) is 101 Å². The number of non-ortho nitro benzene ring substituents is 1. The molecule has 3 aromatic rings. The van der Waals surface area contributed by atoms with Gasteiger partial charge in [0.05, 0.1) is 17.0 Å². The van der Waals surface area contributed by atoms with Gasteiger partial charge in [0, 0.05) is 46.5 Å². The number of ether oxygens (including phenoxy) is 3. The molecule has 0 fully saturated rings. The number of para-hydroxylation sites is 1. The molecule has 4 rings (SSSR count). The molecule has 0 bridgehead atoms. The van der Waals surface area contributed by atoms with E-state index >= 15 is 0 Å². The van der Waals surface area contributed by atoms with Crippen molar-refractivity contribution >= 4 is 28.6 Å². The van der Waals surface area contributed by atoms with Crippen LogP contribution in [0.2, 0.25) is 0 Å². The first-order valence-corrected chi connectivity index (χ1v) is 8.81. The molecule has 0 spiro atoms. The predicted molar refractivity (Wildman–Crippen MR) is 104 cm³/mol. The third-order valence-electron chi connectivity index (χ3n) is 4.42. The summed E-state index contributed by atoms with van der Waals surface area (Å²) in [4.78, 5) is 27.2. The molecule has 29 heavy (non-hydrogen) atoms. The monoisotopic (exact) mass is 392 g/mol. The van der Waals surface area contributed by atoms with Gasteiger partial charge in [-0.15, -0.1) is 0 Å². The van der Waals surface area contributed by atoms with Gasteiger partial charge in [-0.05, 0) is 12.1 Å². The number of fused-ring (bicyclic) bond motifs is 2. The molecule has 2 aromatic carbocycles. The molecule has 0 amide bonds. The third kappa shape index (κ3) is 4.07. The van der Waals surface area contributed by atoms with Gasteiger partial charge in [0.1, 0.15) is 12.4 Å². The smallest absolute Gasteiger partial charge is 0.331 e. The van der Waals surface area contributed by atoms with Crippen LogP contribution in [-0.4, -0.2) is 22.7 Å². The van der Waals surface area contributed by atoms with Crippen LogP contribution in [0.5, 0.6) is 5.75 Å². The number of esters is 1. The van der Waals surface area contributed by atoms with Gasteiger partial charge in [0.2, 0.25) is 0 Å². The van der Waals surface area contributed by atoms with Crippen LogP contribution in [0.4, 0.5) is 5.69 Å². The van der Waals surface area contributed by atoms with Gasteiger partial charge in [0.25, 0.3) is 5.69 Å². The maximum absolute atomic E-state index is 12.2. The lowest BCUT2D eigenvalue weighted by Gasteiger charge is -2.20. The van der Waals surface area contributed by atoms with Crippen molar-refractivity contribution in [3.63, 3.8) is 0 Å². The second kappa shape index (κ2) is 8.07. The van der Waals surface area contributed by atoms with Crippen LogP contribution in [0, 0.1) is 10.1 Å². The van der Waals surface area contributed by atoms with E-state index in [-0.39, 0.29) is 25.7 Å². The fraction of sp³-hybridized carbons (Fsp3) is 0.143. The van der Waals surface area contributed by atoms with Crippen molar-refractivity contribution < 1.29 is 23.9 Å². The number of rotatable bonds is 5. The third-order valence-corrected chi connectivity index (χ3v) is 4.42. The number of hydrogen-bond donors (Lipinski definition) is 0. The van der Waals surface area contributed by atoms with Gasteiger partial charge >= 0.3 is 5.97 Å². The number of carbonyl (C=O) groups excluding carboxylic acids is 1. The normalized spacial score (nSPS) is 13.1. The Labute approximate surface area is 165 Å². The zero-order valence-electron chi connectivity index (χ0n) is 15.2. The lowest BCUT2D eigenvalue weighted by molar-refractivity contribution is -0.385. The summed E-state index contributed by atoms with van der Waals surface area (Å²) in [5.74, 6) is -0.123. The molecule has 0 saturated heterocycles. The van der Waals surface area contributed by atoms with Crippen molar-refractivity contribution in [3.8, 4) is 5.75 Å². The first kappa shape index (κ1) is 18.6. The van der Waals surface area contributed by atoms with E-state index in [0.717, 1.165) is 16.5 Å². The highest BCUT2D eigenvalue weighted by Gasteiger charge is 2.21. The predicted octanol–water partition coefficient (Wildman–Crippen LogP) is 3.77. The zero-order valence-corrected chi connectivity index (χ0v) is 15.2. The molecular formula is C21H16N2O6. The maximum atomic E-state index is 12.2. The van der Waals surface area contributed by atoms with E-state index in [1.807, 2.05) is 30.3 Å². The van der Waals surface area contributed by atoms with Crippen molar-refractivity contribution in [1.82, 2.24) is 4.98 Å². The van der Waals surface area contributed by atoms with E-state index in [9.17, 15) is 14.9 Å². The number of nitrogens with zero attached hydrogens (tertiary/aromatic N) is 2. The summed E-state index contributed by atoms with van der Waals surface area (Å²) in [6.45, 7) is 0.0899. The summed E-state index contributed by atoms with van der Waals surface area (Å²) in [7, 11) is 0. The fourth-order valence-electron chi connectivity index (χ4n) is 3.11. The first-order chi connectivity index (χ1) is 14.1. The summed E-state index contributed by atoms with van der Waals surface area (Å²) < 4.78 is 15.9. The molecule has 0 radical (unpaired) electrons. The van der Waals surface area contributed by atoms with E-state index in [1.54, 1.807) is 12.3 Å². The van der Waals surface area contributed by atoms with E-state index < -0.39 is 10.9 Å². The molecule has 0 aliphatic carbocycles. The Balaban J connectivity index is 1.50. The number of carbonyl (C=O) groups is 1. The lowest BCUT2D eigenvalue weighted by atomic mass is 10.1. The van der Waals surface area contributed by atoms with Crippen LogP contribution >= 0.6 is 0 Å². The molecule has 1 aliphatic heterocycles. The van der Waals surface area contributed by atoms with E-state index in [1.165, 1.54) is 18.2 Å². The van der Waals surface area contributed by atoms with Crippen molar-refractivity contribution in [3.05, 3.63) is 81.5 Å². The van der Waals surface area contributed by atoms with Crippen LogP contribution in [0.3, 0.4) is 0 Å². The molecule has 1 aliphatic rings. The molecule has 0 unspecified atom stereocenters. The molecule has 1 aromatic heterocycles. The van der Waals surface area contributed by atoms with E-state index in [0.29, 0.717) is 16.9 Å². The van der Waals surface area contributed by atoms with Gasteiger partial charge in [-0.25, -0.2) is 4.79 Å². The number of nitro groups is 1. The fourth-order valence-corrected chi connectivity index (χ4v) is 3.11. The SMILES string of the molecule is O=C(/C=C/c1cccc2cccnc12)OCc1cc([N+](=O)[O-])cc2c1OCOC2. The molecule has 8 nitrogen and oxygen atoms in total. The van der Waals surface area contributed by atoms with Crippen LogP contribution in [-0.2, 0) is 27.5 Å². The Morgan fingerprint density at radius 1 is 1.28 bits per heavy atom. The van der Waals surface area contributed by atoms with Crippen LogP contribution in [0.1, 0.15) is 16.7 Å². The van der Waals surface area contributed by atoms with Crippen molar-refractivity contribution in [2.24, 2.45) is 0 Å². The minimum atomic E-state index is -0.578. The number of hydrogen-bond acceptors (Lipinski definition) is 7. The molecule has 0 N–H and O–H groups in total. The standard InChI is InChI=1S/C21H16N2O6/c24-19(7-6-15-4-1-3-14-5-2-8-22-20(14)15)28-12-17-10-18(23(25)26)9-16-11-27-13-29-21(16)17/h1-10H,11-13H2/b7-6+. The number of benzene rings is 2. The largest absolute Gasteiger partial charge is 0.467 e. The van der Waals surface area contributed by atoms with Gasteiger partial charge < -0.3 is 14.2 Å². The highest BCUT2D eigenvalue weighted by Crippen LogP contribution is 2.33. The summed E-state index contributed by atoms with van der Waals surface area (Å²) in [6, 6.07) is 12.2. The van der Waals surface area contributed by atoms with Gasteiger partial charge in [-0.2, -0.15) is 0 Å². The Kier molecular flexibility index (Phi) is 5.17. The minimum Gasteiger partial charge on any atom is -0.467 e. The quantitative estimate of drug-likeness (QED) is 0.282. The molecule has 2 heterocycles. The average Bonchev–Trinajstić information content (AvgIpc) is 2.75. The molecule has 0 saturated carbocycles. The van der Waals surface area contributed by atoms with Crippen molar-refractivity contribution in [2.45, 2.75) is 13.2 Å². The van der Waals surface area contributed by atoms with Gasteiger partial charge in [-0.1, -0.05) is 24.3 Å². The Bertz CT molecular complexity index is 1120. The molecule has 0 atom stereocenters. The van der Waals surface area contributed by atoms with E-state index in [2.05, 4.69) is 4.98 Å². The van der Waals surface area contributed by atoms with Crippen molar-refractivity contribution in [2.75, 3.05) is 6.79 Å².